The van der Waals surface area contributed by atoms with E-state index in [-0.39, 0.29) is 9.00 Å². The number of unbranched alkanes of at least 4 members (excludes halogenated alkanes) is 17. The van der Waals surface area contributed by atoms with E-state index in [2.05, 4.69) is 17.3 Å². The predicted octanol–water partition coefficient (Wildman–Crippen LogP) is 7.26. The molecule has 0 atom stereocenters. The van der Waals surface area contributed by atoms with E-state index in [9.17, 15) is 0 Å². The molecule has 0 fully saturated rings. The van der Waals surface area contributed by atoms with Gasteiger partial charge in [0.25, 0.3) is 0 Å². The Balaban J connectivity index is -0.00000140. The Morgan fingerprint density at radius 2 is 1.16 bits per heavy atom. The first kappa shape index (κ1) is 32.3. The number of nitrogens with two attached hydrogens (primary N) is 2. The van der Waals surface area contributed by atoms with Crippen LogP contribution in [-0.4, -0.2) is 25.7 Å². The van der Waals surface area contributed by atoms with Gasteiger partial charge in [-0.2, -0.15) is 5.10 Å². The van der Waals surface area contributed by atoms with E-state index in [0.29, 0.717) is 5.84 Å². The van der Waals surface area contributed by atoms with Crippen LogP contribution in [0.4, 0.5) is 0 Å². The Bertz CT molecular complexity index is 364. The summed E-state index contributed by atoms with van der Waals surface area (Å²) >= 11 is 0. The summed E-state index contributed by atoms with van der Waals surface area (Å²) in [6, 6.07) is 0. The Labute approximate surface area is 197 Å². The largest absolute Gasteiger partial charge is 0.386 e. The molecule has 0 aliphatic rings. The molecule has 0 saturated heterocycles. The fourth-order valence-corrected chi connectivity index (χ4v) is 3.77. The van der Waals surface area contributed by atoms with E-state index in [0.717, 1.165) is 32.7 Å². The Hall–Kier alpha value is -0.850. The van der Waals surface area contributed by atoms with Gasteiger partial charge in [-0.15, -0.1) is 0 Å². The number of ether oxygens (including phenoxy) is 1. The first-order chi connectivity index (χ1) is 14.8. The highest BCUT2D eigenvalue weighted by atomic mass is 16.5. The molecule has 192 valence electrons. The van der Waals surface area contributed by atoms with Crippen LogP contribution in [0.3, 0.4) is 0 Å². The highest BCUT2D eigenvalue weighted by molar-refractivity contribution is 5.79. The van der Waals surface area contributed by atoms with Crippen molar-refractivity contribution in [2.24, 2.45) is 16.7 Å². The first-order valence-electron chi connectivity index (χ1n) is 13.1. The minimum absolute atomic E-state index is 0. The van der Waals surface area contributed by atoms with Crippen LogP contribution in [0.15, 0.2) is 5.10 Å². The van der Waals surface area contributed by atoms with E-state index < -0.39 is 0 Å². The molecule has 0 radical (unpaired) electrons. The second-order valence-electron chi connectivity index (χ2n) is 8.79. The number of hydrogen-bond acceptors (Lipinski definition) is 5. The van der Waals surface area contributed by atoms with Gasteiger partial charge in [-0.05, 0) is 25.8 Å². The minimum atomic E-state index is 0. The molecular weight excluding hydrogens is 386 g/mol. The van der Waals surface area contributed by atoms with Gasteiger partial charge in [0.05, 0.1) is 6.73 Å². The average molecular weight is 448 g/mol. The van der Waals surface area contributed by atoms with Crippen LogP contribution >= 0.6 is 0 Å². The second-order valence-corrected chi connectivity index (χ2v) is 8.79. The lowest BCUT2D eigenvalue weighted by atomic mass is 10.0. The second kappa shape index (κ2) is 29.1. The molecule has 0 rings (SSSR count). The van der Waals surface area contributed by atoms with E-state index in [4.69, 9.17) is 16.3 Å². The third-order valence-corrected chi connectivity index (χ3v) is 5.80. The highest BCUT2D eigenvalue weighted by Gasteiger charge is 1.96. The van der Waals surface area contributed by atoms with Gasteiger partial charge in [0.2, 0.25) is 0 Å². The molecule has 0 aromatic carbocycles. The van der Waals surface area contributed by atoms with Gasteiger partial charge < -0.3 is 22.5 Å². The van der Waals surface area contributed by atoms with Crippen molar-refractivity contribution in [1.82, 2.24) is 11.5 Å². The molecule has 31 heavy (non-hydrogen) atoms. The summed E-state index contributed by atoms with van der Waals surface area (Å²) in [5.74, 6) is 5.71. The van der Waals surface area contributed by atoms with Gasteiger partial charge in [-0.25, -0.2) is 0 Å². The third kappa shape index (κ3) is 29.1. The molecule has 0 unspecified atom stereocenters. The maximum Gasteiger partial charge on any atom is 0.119 e. The molecular formula is C25H61N5O. The zero-order valence-corrected chi connectivity index (χ0v) is 21.0. The van der Waals surface area contributed by atoms with Crippen LogP contribution in [0.25, 0.3) is 0 Å². The maximum absolute atomic E-state index is 5.65. The van der Waals surface area contributed by atoms with Gasteiger partial charge in [0.1, 0.15) is 5.84 Å². The summed E-state index contributed by atoms with van der Waals surface area (Å²) in [5.41, 5.74) is 5.59. The summed E-state index contributed by atoms with van der Waals surface area (Å²) in [4.78, 5) is 0. The number of hydrogen-bond donors (Lipinski definition) is 4. The number of rotatable bonds is 25. The standard InChI is InChI=1S/C25H54N4O.H3N.2H2/c1-2-3-4-19-22-28-24-30-23-20-17-15-13-11-9-7-5-6-8-10-12-14-16-18-21-25(26)29-27;;;/h28H,2-24,27H2,1H3,(H2,26,29);1H3;2*1H. The average Bonchev–Trinajstić information content (AvgIpc) is 2.76. The minimum Gasteiger partial charge on any atom is -0.386 e. The molecule has 0 heterocycles. The number of nitrogens with zero attached hydrogens (tertiary/aromatic N) is 1. The zero-order valence-electron chi connectivity index (χ0n) is 21.0. The van der Waals surface area contributed by atoms with Crippen LogP contribution in [0.1, 0.15) is 138 Å². The van der Waals surface area contributed by atoms with Gasteiger partial charge in [0.15, 0.2) is 0 Å². The summed E-state index contributed by atoms with van der Waals surface area (Å²) in [6.07, 6.45) is 26.4. The predicted molar refractivity (Wildman–Crippen MR) is 142 cm³/mol. The zero-order chi connectivity index (χ0) is 22.0. The van der Waals surface area contributed by atoms with Crippen molar-refractivity contribution in [2.45, 2.75) is 135 Å². The number of hydrazone groups is 1. The van der Waals surface area contributed by atoms with E-state index in [1.807, 2.05) is 0 Å². The fraction of sp³-hybridized carbons (Fsp3) is 0.960. The molecule has 0 aliphatic carbocycles. The molecule has 0 spiro atoms. The highest BCUT2D eigenvalue weighted by Crippen LogP contribution is 2.13. The van der Waals surface area contributed by atoms with Crippen molar-refractivity contribution in [1.29, 1.82) is 0 Å². The fourth-order valence-electron chi connectivity index (χ4n) is 3.77. The molecule has 6 nitrogen and oxygen atoms in total. The topological polar surface area (TPSA) is 121 Å². The number of nitrogens with one attached hydrogen (secondary N) is 1. The Morgan fingerprint density at radius 3 is 1.65 bits per heavy atom. The first-order valence-corrected chi connectivity index (χ1v) is 13.1. The smallest absolute Gasteiger partial charge is 0.119 e. The van der Waals surface area contributed by atoms with Crippen LogP contribution in [0.5, 0.6) is 0 Å². The lowest BCUT2D eigenvalue weighted by Gasteiger charge is -2.06. The van der Waals surface area contributed by atoms with Gasteiger partial charge in [0, 0.05) is 15.9 Å². The van der Waals surface area contributed by atoms with Gasteiger partial charge in [-0.1, -0.05) is 110 Å². The van der Waals surface area contributed by atoms with Crippen LogP contribution in [0, 0.1) is 0 Å². The van der Waals surface area contributed by atoms with E-state index in [1.54, 1.807) is 0 Å². The summed E-state index contributed by atoms with van der Waals surface area (Å²) < 4.78 is 5.65. The molecule has 0 aromatic rings. The molecule has 8 N–H and O–H groups in total. The Kier molecular flexibility index (Phi) is 30.4. The van der Waals surface area contributed by atoms with Crippen molar-refractivity contribution in [2.75, 3.05) is 19.9 Å². The van der Waals surface area contributed by atoms with Crippen molar-refractivity contribution in [3.05, 3.63) is 0 Å². The lowest BCUT2D eigenvalue weighted by molar-refractivity contribution is 0.112. The summed E-state index contributed by atoms with van der Waals surface area (Å²) in [5, 5.41) is 6.87. The molecule has 0 amide bonds. The van der Waals surface area contributed by atoms with Gasteiger partial charge in [-0.3, -0.25) is 5.32 Å². The van der Waals surface area contributed by atoms with Crippen molar-refractivity contribution >= 4 is 5.84 Å². The quantitative estimate of drug-likeness (QED) is 0.0293. The third-order valence-electron chi connectivity index (χ3n) is 5.80. The molecule has 0 saturated carbocycles. The van der Waals surface area contributed by atoms with Crippen molar-refractivity contribution < 1.29 is 7.59 Å². The van der Waals surface area contributed by atoms with Gasteiger partial charge >= 0.3 is 0 Å². The monoisotopic (exact) mass is 447 g/mol. The molecule has 6 heteroatoms. The molecule has 0 bridgehead atoms. The maximum atomic E-state index is 5.65. The van der Waals surface area contributed by atoms with Crippen molar-refractivity contribution in [3.63, 3.8) is 0 Å². The normalized spacial score (nSPS) is 11.6. The lowest BCUT2D eigenvalue weighted by Crippen LogP contribution is -2.19. The summed E-state index contributed by atoms with van der Waals surface area (Å²) in [6.45, 7) is 4.99. The van der Waals surface area contributed by atoms with Crippen molar-refractivity contribution in [3.8, 4) is 0 Å². The van der Waals surface area contributed by atoms with Crippen LogP contribution in [-0.2, 0) is 4.74 Å². The molecule has 0 aliphatic heterocycles. The van der Waals surface area contributed by atoms with E-state index in [1.165, 1.54) is 116 Å². The SMILES string of the molecule is CCCCCCNCOCCCCCCCCCCCCCCCCC/C(N)=N/N.N.[HH].[HH]. The Morgan fingerprint density at radius 1 is 0.710 bits per heavy atom. The van der Waals surface area contributed by atoms with E-state index >= 15 is 0 Å². The van der Waals surface area contributed by atoms with Crippen LogP contribution < -0.4 is 23.0 Å². The summed E-state index contributed by atoms with van der Waals surface area (Å²) in [7, 11) is 0. The van der Waals surface area contributed by atoms with Crippen LogP contribution in [0.2, 0.25) is 0 Å². The molecule has 0 aromatic heterocycles. The number of amidine groups is 1.